The molecule has 1 aromatic carbocycles. The summed E-state index contributed by atoms with van der Waals surface area (Å²) in [7, 11) is 0. The average molecular weight is 298 g/mol. The highest BCUT2D eigenvalue weighted by Crippen LogP contribution is 2.42. The maximum absolute atomic E-state index is 12.8. The lowest BCUT2D eigenvalue weighted by Crippen LogP contribution is -2.88. The van der Waals surface area contributed by atoms with Crippen LogP contribution in [0.2, 0.25) is 5.02 Å². The Morgan fingerprint density at radius 3 is 2.79 bits per heavy atom. The number of hydrogen-bond donors (Lipinski definition) is 1. The minimum Gasteiger partial charge on any atom is -0.346 e. The van der Waals surface area contributed by atoms with E-state index in [1.807, 2.05) is 30.0 Å². The molecule has 3 rings (SSSR count). The van der Waals surface area contributed by atoms with E-state index in [1.54, 1.807) is 6.07 Å². The van der Waals surface area contributed by atoms with Crippen molar-refractivity contribution in [3.8, 4) is 0 Å². The molecule has 1 amide bonds. The highest BCUT2D eigenvalue weighted by atomic mass is 35.5. The number of hydrogen-bond acceptors (Lipinski definition) is 2. The fourth-order valence-electron chi connectivity index (χ4n) is 3.01. The molecule has 2 heterocycles. The van der Waals surface area contributed by atoms with Crippen LogP contribution in [0.5, 0.6) is 0 Å². The highest BCUT2D eigenvalue weighted by molar-refractivity contribution is 8.00. The van der Waals surface area contributed by atoms with E-state index in [-0.39, 0.29) is 10.8 Å². The zero-order valence-electron chi connectivity index (χ0n) is 10.8. The van der Waals surface area contributed by atoms with Crippen LogP contribution in [0.4, 0.5) is 0 Å². The molecule has 5 heteroatoms. The number of quaternary nitrogens is 1. The molecule has 2 fully saturated rings. The van der Waals surface area contributed by atoms with Gasteiger partial charge in [0.1, 0.15) is 0 Å². The first-order chi connectivity index (χ1) is 9.23. The third kappa shape index (κ3) is 2.37. The highest BCUT2D eigenvalue weighted by Gasteiger charge is 2.46. The van der Waals surface area contributed by atoms with Crippen molar-refractivity contribution in [3.05, 3.63) is 34.9 Å². The maximum Gasteiger partial charge on any atom is 0.256 e. The number of amides is 1. The largest absolute Gasteiger partial charge is 0.346 e. The first-order valence-electron chi connectivity index (χ1n) is 6.75. The van der Waals surface area contributed by atoms with Crippen molar-refractivity contribution < 1.29 is 10.1 Å². The fourth-order valence-corrected chi connectivity index (χ4v) is 4.74. The number of thioether (sulfide) groups is 1. The lowest BCUT2D eigenvalue weighted by molar-refractivity contribution is -0.664. The van der Waals surface area contributed by atoms with E-state index in [0.29, 0.717) is 10.6 Å². The quantitative estimate of drug-likeness (QED) is 0.854. The van der Waals surface area contributed by atoms with Gasteiger partial charge in [0.15, 0.2) is 0 Å². The molecule has 0 radical (unpaired) electrons. The zero-order valence-corrected chi connectivity index (χ0v) is 12.3. The van der Waals surface area contributed by atoms with Gasteiger partial charge in [0.2, 0.25) is 0 Å². The minimum absolute atomic E-state index is 0.0189. The summed E-state index contributed by atoms with van der Waals surface area (Å²) in [5.74, 6) is 1.13. The topological polar surface area (TPSA) is 36.9 Å². The Bertz CT molecular complexity index is 488. The van der Waals surface area contributed by atoms with Crippen LogP contribution < -0.4 is 5.32 Å². The Kier molecular flexibility index (Phi) is 3.74. The van der Waals surface area contributed by atoms with Crippen LogP contribution in [0.3, 0.4) is 0 Å². The van der Waals surface area contributed by atoms with Crippen molar-refractivity contribution in [3.63, 3.8) is 0 Å². The molecule has 3 nitrogen and oxygen atoms in total. The van der Waals surface area contributed by atoms with Crippen molar-refractivity contribution in [1.82, 2.24) is 4.90 Å². The molecule has 0 atom stereocenters. The second-order valence-corrected chi connectivity index (χ2v) is 6.96. The molecule has 2 aliphatic heterocycles. The molecule has 0 aromatic heterocycles. The molecule has 0 unspecified atom stereocenters. The molecule has 102 valence electrons. The monoisotopic (exact) mass is 297 g/mol. The summed E-state index contributed by atoms with van der Waals surface area (Å²) in [5.41, 5.74) is 0.639. The normalized spacial score (nSPS) is 21.8. The van der Waals surface area contributed by atoms with E-state index in [4.69, 9.17) is 11.6 Å². The van der Waals surface area contributed by atoms with Gasteiger partial charge in [0, 0.05) is 25.1 Å². The van der Waals surface area contributed by atoms with E-state index >= 15 is 0 Å². The van der Waals surface area contributed by atoms with E-state index in [1.165, 1.54) is 0 Å². The SMILES string of the molecule is O=C(c1ccccc1Cl)N1CCSC12CC[NH2+]CC2. The Balaban J connectivity index is 1.88. The molecular weight excluding hydrogens is 280 g/mol. The van der Waals surface area contributed by atoms with Crippen LogP contribution in [0, 0.1) is 0 Å². The molecule has 2 N–H and O–H groups in total. The van der Waals surface area contributed by atoms with Gasteiger partial charge in [-0.15, -0.1) is 11.8 Å². The van der Waals surface area contributed by atoms with Gasteiger partial charge in [0.25, 0.3) is 5.91 Å². The standard InChI is InChI=1S/C14H17ClN2OS/c15-12-4-2-1-3-11(12)13(18)17-9-10-19-14(17)5-7-16-8-6-14/h1-4,16H,5-10H2/p+1. The van der Waals surface area contributed by atoms with E-state index < -0.39 is 0 Å². The van der Waals surface area contributed by atoms with Gasteiger partial charge in [-0.3, -0.25) is 4.79 Å². The molecular formula is C14H18ClN2OS+. The number of piperidine rings is 1. The number of carbonyl (C=O) groups excluding carboxylic acids is 1. The number of nitrogens with two attached hydrogens (primary N) is 1. The molecule has 2 aliphatic rings. The van der Waals surface area contributed by atoms with Crippen molar-refractivity contribution in [1.29, 1.82) is 0 Å². The van der Waals surface area contributed by atoms with Gasteiger partial charge in [-0.1, -0.05) is 23.7 Å². The van der Waals surface area contributed by atoms with E-state index in [9.17, 15) is 4.79 Å². The average Bonchev–Trinajstić information content (AvgIpc) is 2.82. The zero-order chi connectivity index (χ0) is 13.3. The van der Waals surface area contributed by atoms with Gasteiger partial charge < -0.3 is 10.2 Å². The first kappa shape index (κ1) is 13.3. The number of rotatable bonds is 1. The predicted octanol–water partition coefficient (Wildman–Crippen LogP) is 1.58. The number of nitrogens with zero attached hydrogens (tertiary/aromatic N) is 1. The van der Waals surface area contributed by atoms with Crippen LogP contribution >= 0.6 is 23.4 Å². The lowest BCUT2D eigenvalue weighted by atomic mass is 10.0. The summed E-state index contributed by atoms with van der Waals surface area (Å²) in [6.07, 6.45) is 2.15. The van der Waals surface area contributed by atoms with Gasteiger partial charge in [-0.05, 0) is 12.1 Å². The first-order valence-corrected chi connectivity index (χ1v) is 8.11. The van der Waals surface area contributed by atoms with Crippen molar-refractivity contribution in [2.45, 2.75) is 17.7 Å². The second-order valence-electron chi connectivity index (χ2n) is 5.10. The lowest BCUT2D eigenvalue weighted by Gasteiger charge is -2.39. The minimum atomic E-state index is 0.0189. The van der Waals surface area contributed by atoms with Crippen LogP contribution in [0.25, 0.3) is 0 Å². The van der Waals surface area contributed by atoms with Crippen molar-refractivity contribution in [2.75, 3.05) is 25.4 Å². The molecule has 0 aliphatic carbocycles. The molecule has 1 spiro atoms. The maximum atomic E-state index is 12.8. The van der Waals surface area contributed by atoms with Gasteiger partial charge in [-0.2, -0.15) is 0 Å². The Morgan fingerprint density at radius 2 is 2.05 bits per heavy atom. The van der Waals surface area contributed by atoms with Gasteiger partial charge in [-0.25, -0.2) is 0 Å². The summed E-state index contributed by atoms with van der Waals surface area (Å²) in [6.45, 7) is 3.06. The summed E-state index contributed by atoms with van der Waals surface area (Å²) in [6, 6.07) is 7.36. The molecule has 0 saturated carbocycles. The van der Waals surface area contributed by atoms with E-state index in [2.05, 4.69) is 10.2 Å². The second kappa shape index (κ2) is 5.35. The Labute approximate surface area is 122 Å². The Hall–Kier alpha value is -0.710. The fraction of sp³-hybridized carbons (Fsp3) is 0.500. The molecule has 1 aromatic rings. The van der Waals surface area contributed by atoms with Crippen LogP contribution in [0.1, 0.15) is 23.2 Å². The number of benzene rings is 1. The van der Waals surface area contributed by atoms with Crippen LogP contribution in [-0.4, -0.2) is 41.1 Å². The van der Waals surface area contributed by atoms with Gasteiger partial charge in [0.05, 0.1) is 28.5 Å². The third-order valence-corrected chi connectivity index (χ3v) is 5.89. The number of halogens is 1. The predicted molar refractivity (Wildman–Crippen MR) is 78.6 cm³/mol. The van der Waals surface area contributed by atoms with E-state index in [0.717, 1.165) is 38.2 Å². The third-order valence-electron chi connectivity index (χ3n) is 4.01. The smallest absolute Gasteiger partial charge is 0.256 e. The van der Waals surface area contributed by atoms with Crippen LogP contribution in [-0.2, 0) is 0 Å². The summed E-state index contributed by atoms with van der Waals surface area (Å²) in [5, 5.41) is 2.89. The molecule has 0 bridgehead atoms. The molecule has 19 heavy (non-hydrogen) atoms. The van der Waals surface area contributed by atoms with Crippen molar-refractivity contribution in [2.24, 2.45) is 0 Å². The summed E-state index contributed by atoms with van der Waals surface area (Å²) < 4.78 is 0. The number of carbonyl (C=O) groups is 1. The summed E-state index contributed by atoms with van der Waals surface area (Å²) in [4.78, 5) is 14.8. The summed E-state index contributed by atoms with van der Waals surface area (Å²) >= 11 is 8.11. The van der Waals surface area contributed by atoms with Crippen LogP contribution in [0.15, 0.2) is 24.3 Å². The van der Waals surface area contributed by atoms with Gasteiger partial charge >= 0.3 is 0 Å². The van der Waals surface area contributed by atoms with Crippen molar-refractivity contribution >= 4 is 29.3 Å². The molecule has 2 saturated heterocycles. The Morgan fingerprint density at radius 1 is 1.32 bits per heavy atom.